The van der Waals surface area contributed by atoms with Gasteiger partial charge < -0.3 is 10.7 Å². The molecule has 0 aliphatic heterocycles. The number of nitrogens with two attached hydrogens (primary N) is 1. The molecule has 0 spiro atoms. The van der Waals surface area contributed by atoms with E-state index in [0.29, 0.717) is 17.3 Å². The third kappa shape index (κ3) is 1.43. The van der Waals surface area contributed by atoms with Crippen molar-refractivity contribution < 1.29 is 0 Å². The van der Waals surface area contributed by atoms with Crippen LogP contribution in [0.25, 0.3) is 22.6 Å². The number of aromatic amines is 2. The molecule has 0 bridgehead atoms. The number of anilines is 1. The number of aromatic nitrogens is 6. The Morgan fingerprint density at radius 1 is 1.29 bits per heavy atom. The van der Waals surface area contributed by atoms with Crippen molar-refractivity contribution in [2.24, 2.45) is 0 Å². The Morgan fingerprint density at radius 3 is 2.88 bits per heavy atom. The van der Waals surface area contributed by atoms with E-state index in [1.165, 1.54) is 0 Å². The summed E-state index contributed by atoms with van der Waals surface area (Å²) in [7, 11) is 0. The van der Waals surface area contributed by atoms with Crippen LogP contribution in [-0.2, 0) is 6.42 Å². The standard InChI is InChI=1S/C10H11N7/c1-2-5-3-12-10-7(5)8(11)14-9(15-10)6-4-13-17-16-6/h3-4H,2H2,1H3,(H,13,16,17)(H3,11,12,14,15). The number of nitrogens with one attached hydrogen (secondary N) is 2. The summed E-state index contributed by atoms with van der Waals surface area (Å²) in [5, 5.41) is 11.0. The van der Waals surface area contributed by atoms with Gasteiger partial charge in [0.15, 0.2) is 5.82 Å². The lowest BCUT2D eigenvalue weighted by atomic mass is 10.2. The van der Waals surface area contributed by atoms with Gasteiger partial charge in [-0.2, -0.15) is 0 Å². The maximum atomic E-state index is 5.95. The molecule has 3 aromatic rings. The highest BCUT2D eigenvalue weighted by Crippen LogP contribution is 2.24. The van der Waals surface area contributed by atoms with Gasteiger partial charge in [-0.1, -0.05) is 12.1 Å². The van der Waals surface area contributed by atoms with Crippen molar-refractivity contribution in [3.63, 3.8) is 0 Å². The van der Waals surface area contributed by atoms with E-state index in [9.17, 15) is 0 Å². The highest BCUT2D eigenvalue weighted by atomic mass is 15.3. The molecule has 7 heteroatoms. The Labute approximate surface area is 96.5 Å². The monoisotopic (exact) mass is 229 g/mol. The summed E-state index contributed by atoms with van der Waals surface area (Å²) in [5.41, 5.74) is 8.37. The van der Waals surface area contributed by atoms with Crippen LogP contribution in [0.2, 0.25) is 0 Å². The van der Waals surface area contributed by atoms with Crippen LogP contribution in [0, 0.1) is 0 Å². The number of nitrogen functional groups attached to an aromatic ring is 1. The van der Waals surface area contributed by atoms with E-state index in [2.05, 4.69) is 37.3 Å². The van der Waals surface area contributed by atoms with Crippen molar-refractivity contribution in [3.8, 4) is 11.5 Å². The van der Waals surface area contributed by atoms with Crippen LogP contribution in [0.3, 0.4) is 0 Å². The predicted molar refractivity (Wildman–Crippen MR) is 63.1 cm³/mol. The fourth-order valence-electron chi connectivity index (χ4n) is 1.83. The molecule has 0 radical (unpaired) electrons. The number of hydrogen-bond acceptors (Lipinski definition) is 5. The van der Waals surface area contributed by atoms with Gasteiger partial charge >= 0.3 is 0 Å². The molecular formula is C10H11N7. The normalized spacial score (nSPS) is 11.1. The van der Waals surface area contributed by atoms with E-state index in [0.717, 1.165) is 23.0 Å². The first-order valence-corrected chi connectivity index (χ1v) is 5.30. The van der Waals surface area contributed by atoms with E-state index in [-0.39, 0.29) is 0 Å². The summed E-state index contributed by atoms with van der Waals surface area (Å²) in [4.78, 5) is 11.7. The van der Waals surface area contributed by atoms with E-state index in [1.807, 2.05) is 6.20 Å². The van der Waals surface area contributed by atoms with Gasteiger partial charge in [0.25, 0.3) is 0 Å². The van der Waals surface area contributed by atoms with Gasteiger partial charge in [0.1, 0.15) is 17.2 Å². The molecule has 0 aromatic carbocycles. The second kappa shape index (κ2) is 3.55. The van der Waals surface area contributed by atoms with Crippen molar-refractivity contribution in [2.45, 2.75) is 13.3 Å². The van der Waals surface area contributed by atoms with Crippen molar-refractivity contribution in [1.29, 1.82) is 0 Å². The molecule has 0 aliphatic carbocycles. The molecule has 3 rings (SSSR count). The lowest BCUT2D eigenvalue weighted by Crippen LogP contribution is -1.98. The summed E-state index contributed by atoms with van der Waals surface area (Å²) >= 11 is 0. The summed E-state index contributed by atoms with van der Waals surface area (Å²) < 4.78 is 0. The van der Waals surface area contributed by atoms with Crippen LogP contribution < -0.4 is 5.73 Å². The summed E-state index contributed by atoms with van der Waals surface area (Å²) in [5.74, 6) is 0.930. The Morgan fingerprint density at radius 2 is 2.18 bits per heavy atom. The SMILES string of the molecule is CCc1c[nH]c2nc(-c3c[nH]nn3)nc(N)c12. The van der Waals surface area contributed by atoms with E-state index in [4.69, 9.17) is 5.73 Å². The van der Waals surface area contributed by atoms with Gasteiger partial charge in [0.2, 0.25) is 0 Å². The Bertz CT molecular complexity index is 653. The van der Waals surface area contributed by atoms with Crippen molar-refractivity contribution in [1.82, 2.24) is 30.4 Å². The molecular weight excluding hydrogens is 218 g/mol. The van der Waals surface area contributed by atoms with Gasteiger partial charge in [0.05, 0.1) is 11.6 Å². The number of aryl methyl sites for hydroxylation is 1. The second-order valence-corrected chi connectivity index (χ2v) is 3.68. The van der Waals surface area contributed by atoms with Gasteiger partial charge in [-0.25, -0.2) is 9.97 Å². The van der Waals surface area contributed by atoms with Crippen LogP contribution in [0.15, 0.2) is 12.4 Å². The highest BCUT2D eigenvalue weighted by Gasteiger charge is 2.12. The third-order valence-corrected chi connectivity index (χ3v) is 2.67. The first-order valence-electron chi connectivity index (χ1n) is 5.30. The van der Waals surface area contributed by atoms with Crippen LogP contribution in [0.4, 0.5) is 5.82 Å². The van der Waals surface area contributed by atoms with Crippen LogP contribution in [0.1, 0.15) is 12.5 Å². The Balaban J connectivity index is 2.25. The first-order chi connectivity index (χ1) is 8.29. The zero-order valence-electron chi connectivity index (χ0n) is 9.23. The molecule has 0 unspecified atom stereocenters. The quantitative estimate of drug-likeness (QED) is 0.604. The third-order valence-electron chi connectivity index (χ3n) is 2.67. The molecule has 17 heavy (non-hydrogen) atoms. The zero-order chi connectivity index (χ0) is 11.8. The van der Waals surface area contributed by atoms with E-state index in [1.54, 1.807) is 6.20 Å². The molecule has 0 amide bonds. The molecule has 3 heterocycles. The highest BCUT2D eigenvalue weighted by molar-refractivity contribution is 5.90. The summed E-state index contributed by atoms with van der Waals surface area (Å²) in [6, 6.07) is 0. The minimum atomic E-state index is 0.464. The molecule has 0 atom stereocenters. The topological polar surface area (TPSA) is 109 Å². The van der Waals surface area contributed by atoms with Crippen molar-refractivity contribution >= 4 is 16.9 Å². The number of rotatable bonds is 2. The largest absolute Gasteiger partial charge is 0.383 e. The minimum absolute atomic E-state index is 0.464. The van der Waals surface area contributed by atoms with Gasteiger partial charge in [-0.05, 0) is 12.0 Å². The van der Waals surface area contributed by atoms with Crippen LogP contribution in [-0.4, -0.2) is 30.4 Å². The minimum Gasteiger partial charge on any atom is -0.383 e. The maximum Gasteiger partial charge on any atom is 0.185 e. The molecule has 86 valence electrons. The maximum absolute atomic E-state index is 5.95. The summed E-state index contributed by atoms with van der Waals surface area (Å²) in [6.45, 7) is 2.06. The summed E-state index contributed by atoms with van der Waals surface area (Å²) in [6.07, 6.45) is 4.42. The molecule has 0 aliphatic rings. The molecule has 0 saturated heterocycles. The zero-order valence-corrected chi connectivity index (χ0v) is 9.23. The first kappa shape index (κ1) is 9.76. The second-order valence-electron chi connectivity index (χ2n) is 3.68. The average Bonchev–Trinajstić information content (AvgIpc) is 2.97. The number of H-pyrrole nitrogens is 2. The number of nitrogens with zero attached hydrogens (tertiary/aromatic N) is 4. The van der Waals surface area contributed by atoms with Crippen molar-refractivity contribution in [3.05, 3.63) is 18.0 Å². The molecule has 4 N–H and O–H groups in total. The Hall–Kier alpha value is -2.44. The number of hydrogen-bond donors (Lipinski definition) is 3. The van der Waals surface area contributed by atoms with E-state index < -0.39 is 0 Å². The predicted octanol–water partition coefficient (Wildman–Crippen LogP) is 0.888. The lowest BCUT2D eigenvalue weighted by Gasteiger charge is -2.00. The Kier molecular flexibility index (Phi) is 2.04. The van der Waals surface area contributed by atoms with Crippen molar-refractivity contribution in [2.75, 3.05) is 5.73 Å². The smallest absolute Gasteiger partial charge is 0.185 e. The fourth-order valence-corrected chi connectivity index (χ4v) is 1.83. The lowest BCUT2D eigenvalue weighted by molar-refractivity contribution is 0.939. The van der Waals surface area contributed by atoms with E-state index >= 15 is 0 Å². The van der Waals surface area contributed by atoms with Crippen LogP contribution in [0.5, 0.6) is 0 Å². The van der Waals surface area contributed by atoms with Gasteiger partial charge in [0, 0.05) is 6.20 Å². The van der Waals surface area contributed by atoms with Crippen LogP contribution >= 0.6 is 0 Å². The average molecular weight is 229 g/mol. The van der Waals surface area contributed by atoms with Gasteiger partial charge in [-0.15, -0.1) is 5.10 Å². The molecule has 3 aromatic heterocycles. The number of fused-ring (bicyclic) bond motifs is 1. The molecule has 0 saturated carbocycles. The van der Waals surface area contributed by atoms with Gasteiger partial charge in [-0.3, -0.25) is 5.10 Å². The molecule has 0 fully saturated rings. The molecule has 7 nitrogen and oxygen atoms in total. The fraction of sp³-hybridized carbons (Fsp3) is 0.200.